The van der Waals surface area contributed by atoms with E-state index in [9.17, 15) is 14.5 Å². The molecule has 75 valence electrons. The van der Waals surface area contributed by atoms with E-state index in [0.29, 0.717) is 10.9 Å². The average molecular weight is 217 g/mol. The van der Waals surface area contributed by atoms with Crippen molar-refractivity contribution >= 4 is 17.3 Å². The van der Waals surface area contributed by atoms with E-state index in [4.69, 9.17) is 11.6 Å². The first-order valence-electron chi connectivity index (χ1n) is 3.89. The SMILES string of the molecule is C[C](CF)c1cc(Cl)ccc1[N+](=O)[O-]. The molecule has 0 aliphatic carbocycles. The van der Waals surface area contributed by atoms with Gasteiger partial charge in [-0.25, -0.2) is 0 Å². The van der Waals surface area contributed by atoms with Crippen LogP contribution in [-0.4, -0.2) is 11.6 Å². The van der Waals surface area contributed by atoms with Crippen LogP contribution in [-0.2, 0) is 0 Å². The van der Waals surface area contributed by atoms with E-state index < -0.39 is 11.6 Å². The lowest BCUT2D eigenvalue weighted by Crippen LogP contribution is -2.02. The van der Waals surface area contributed by atoms with Gasteiger partial charge in [-0.1, -0.05) is 18.5 Å². The van der Waals surface area contributed by atoms with Gasteiger partial charge in [0, 0.05) is 22.6 Å². The molecule has 0 aliphatic rings. The fourth-order valence-electron chi connectivity index (χ4n) is 1.08. The van der Waals surface area contributed by atoms with Crippen LogP contribution in [0.4, 0.5) is 10.1 Å². The third kappa shape index (κ3) is 2.20. The molecule has 5 heteroatoms. The Hall–Kier alpha value is -1.16. The number of benzene rings is 1. The third-order valence-corrected chi connectivity index (χ3v) is 2.05. The van der Waals surface area contributed by atoms with Crippen LogP contribution in [0.25, 0.3) is 0 Å². The molecule has 0 saturated carbocycles. The molecule has 0 spiro atoms. The first kappa shape index (κ1) is 10.9. The van der Waals surface area contributed by atoms with Crippen LogP contribution in [0.5, 0.6) is 0 Å². The second kappa shape index (κ2) is 4.37. The molecule has 1 rings (SSSR count). The molecule has 0 heterocycles. The second-order valence-electron chi connectivity index (χ2n) is 2.83. The van der Waals surface area contributed by atoms with Gasteiger partial charge < -0.3 is 0 Å². The molecule has 14 heavy (non-hydrogen) atoms. The van der Waals surface area contributed by atoms with Crippen LogP contribution >= 0.6 is 11.6 Å². The minimum Gasteiger partial charge on any atom is -0.258 e. The van der Waals surface area contributed by atoms with E-state index in [2.05, 4.69) is 0 Å². The van der Waals surface area contributed by atoms with Crippen molar-refractivity contribution < 1.29 is 9.31 Å². The number of nitro groups is 1. The number of halogens is 2. The molecule has 0 unspecified atom stereocenters. The maximum atomic E-state index is 12.3. The minimum absolute atomic E-state index is 0.121. The maximum absolute atomic E-state index is 12.3. The lowest BCUT2D eigenvalue weighted by molar-refractivity contribution is -0.385. The highest BCUT2D eigenvalue weighted by Gasteiger charge is 2.19. The van der Waals surface area contributed by atoms with Gasteiger partial charge >= 0.3 is 0 Å². The van der Waals surface area contributed by atoms with Crippen molar-refractivity contribution in [1.29, 1.82) is 0 Å². The van der Waals surface area contributed by atoms with Crippen molar-refractivity contribution in [2.45, 2.75) is 6.92 Å². The lowest BCUT2D eigenvalue weighted by atomic mass is 10.0. The number of nitrogens with zero attached hydrogens (tertiary/aromatic N) is 1. The first-order valence-corrected chi connectivity index (χ1v) is 4.26. The smallest absolute Gasteiger partial charge is 0.258 e. The highest BCUT2D eigenvalue weighted by atomic mass is 35.5. The second-order valence-corrected chi connectivity index (χ2v) is 3.27. The van der Waals surface area contributed by atoms with E-state index in [1.807, 2.05) is 0 Å². The molecule has 1 aromatic carbocycles. The predicted molar refractivity (Wildman–Crippen MR) is 52.1 cm³/mol. The van der Waals surface area contributed by atoms with Gasteiger partial charge in [0.1, 0.15) is 0 Å². The minimum atomic E-state index is -0.721. The topological polar surface area (TPSA) is 43.1 Å². The zero-order valence-corrected chi connectivity index (χ0v) is 8.21. The standard InChI is InChI=1S/C9H8ClFNO2/c1-6(5-11)8-4-7(10)2-3-9(8)12(13)14/h2-4H,5H2,1H3. The van der Waals surface area contributed by atoms with Gasteiger partial charge in [-0.2, -0.15) is 0 Å². The molecular formula is C9H8ClFNO2. The Morgan fingerprint density at radius 2 is 2.29 bits per heavy atom. The van der Waals surface area contributed by atoms with E-state index in [0.717, 1.165) is 0 Å². The summed E-state index contributed by atoms with van der Waals surface area (Å²) in [6.45, 7) is 0.778. The summed E-state index contributed by atoms with van der Waals surface area (Å²) in [5.41, 5.74) is 0.134. The average Bonchev–Trinajstić information content (AvgIpc) is 2.16. The number of hydrogen-bond donors (Lipinski definition) is 0. The lowest BCUT2D eigenvalue weighted by Gasteiger charge is -2.07. The fraction of sp³-hybridized carbons (Fsp3) is 0.222. The molecule has 3 nitrogen and oxygen atoms in total. The Morgan fingerprint density at radius 3 is 2.79 bits per heavy atom. The fourth-order valence-corrected chi connectivity index (χ4v) is 1.25. The summed E-state index contributed by atoms with van der Waals surface area (Å²) in [5.74, 6) is 0.305. The van der Waals surface area contributed by atoms with Crippen molar-refractivity contribution in [3.63, 3.8) is 0 Å². The predicted octanol–water partition coefficient (Wildman–Crippen LogP) is 3.16. The Labute approximate surface area is 85.6 Å². The summed E-state index contributed by atoms with van der Waals surface area (Å²) in [6, 6.07) is 4.08. The summed E-state index contributed by atoms with van der Waals surface area (Å²) < 4.78 is 12.3. The molecule has 0 aromatic heterocycles. The van der Waals surface area contributed by atoms with Crippen LogP contribution in [0.3, 0.4) is 0 Å². The van der Waals surface area contributed by atoms with Gasteiger partial charge in [0.2, 0.25) is 0 Å². The van der Waals surface area contributed by atoms with Crippen LogP contribution in [0.2, 0.25) is 5.02 Å². The Kier molecular flexibility index (Phi) is 3.41. The Bertz CT molecular complexity index is 357. The van der Waals surface area contributed by atoms with Gasteiger partial charge in [-0.05, 0) is 12.1 Å². The zero-order valence-electron chi connectivity index (χ0n) is 7.46. The van der Waals surface area contributed by atoms with Gasteiger partial charge in [-0.15, -0.1) is 0 Å². The van der Waals surface area contributed by atoms with Crippen molar-refractivity contribution in [3.8, 4) is 0 Å². The van der Waals surface area contributed by atoms with Crippen LogP contribution < -0.4 is 0 Å². The van der Waals surface area contributed by atoms with Crippen molar-refractivity contribution in [2.75, 3.05) is 6.67 Å². The van der Waals surface area contributed by atoms with Crippen LogP contribution in [0, 0.1) is 16.0 Å². The molecule has 0 fully saturated rings. The Morgan fingerprint density at radius 1 is 1.64 bits per heavy atom. The summed E-state index contributed by atoms with van der Waals surface area (Å²) in [6.07, 6.45) is 0. The quantitative estimate of drug-likeness (QED) is 0.575. The maximum Gasteiger partial charge on any atom is 0.273 e. The highest BCUT2D eigenvalue weighted by Crippen LogP contribution is 2.28. The molecule has 0 amide bonds. The number of nitro benzene ring substituents is 1. The van der Waals surface area contributed by atoms with Gasteiger partial charge in [-0.3, -0.25) is 14.5 Å². The number of hydrogen-bond acceptors (Lipinski definition) is 2. The summed E-state index contributed by atoms with van der Waals surface area (Å²) >= 11 is 5.66. The molecule has 0 saturated heterocycles. The molecular weight excluding hydrogens is 209 g/mol. The van der Waals surface area contributed by atoms with E-state index in [1.165, 1.54) is 25.1 Å². The zero-order chi connectivity index (χ0) is 10.7. The number of alkyl halides is 1. The monoisotopic (exact) mass is 216 g/mol. The highest BCUT2D eigenvalue weighted by molar-refractivity contribution is 6.30. The molecule has 1 aromatic rings. The molecule has 0 atom stereocenters. The van der Waals surface area contributed by atoms with Gasteiger partial charge in [0.05, 0.1) is 11.6 Å². The third-order valence-electron chi connectivity index (χ3n) is 1.82. The summed E-state index contributed by atoms with van der Waals surface area (Å²) in [4.78, 5) is 10.0. The molecule has 0 bridgehead atoms. The molecule has 0 aliphatic heterocycles. The van der Waals surface area contributed by atoms with Crippen molar-refractivity contribution in [3.05, 3.63) is 44.8 Å². The normalized spacial score (nSPS) is 10.6. The molecule has 1 radical (unpaired) electrons. The van der Waals surface area contributed by atoms with Gasteiger partial charge in [0.15, 0.2) is 0 Å². The number of rotatable bonds is 3. The van der Waals surface area contributed by atoms with Crippen LogP contribution in [0.15, 0.2) is 18.2 Å². The van der Waals surface area contributed by atoms with E-state index >= 15 is 0 Å². The summed E-state index contributed by atoms with van der Waals surface area (Å²) in [5, 5.41) is 10.9. The van der Waals surface area contributed by atoms with Crippen molar-refractivity contribution in [1.82, 2.24) is 0 Å². The van der Waals surface area contributed by atoms with E-state index in [1.54, 1.807) is 0 Å². The summed E-state index contributed by atoms with van der Waals surface area (Å²) in [7, 11) is 0. The van der Waals surface area contributed by atoms with Crippen LogP contribution in [0.1, 0.15) is 12.5 Å². The molecule has 0 N–H and O–H groups in total. The largest absolute Gasteiger partial charge is 0.273 e. The Balaban J connectivity index is 3.22. The van der Waals surface area contributed by atoms with Gasteiger partial charge in [0.25, 0.3) is 5.69 Å². The van der Waals surface area contributed by atoms with E-state index in [-0.39, 0.29) is 11.3 Å². The first-order chi connectivity index (χ1) is 6.56. The van der Waals surface area contributed by atoms with Crippen molar-refractivity contribution in [2.24, 2.45) is 0 Å².